The summed E-state index contributed by atoms with van der Waals surface area (Å²) in [6.07, 6.45) is 0.403. The zero-order chi connectivity index (χ0) is 8.69. The van der Waals surface area contributed by atoms with E-state index in [9.17, 15) is 4.79 Å². The number of carbonyl (C=O) groups is 1. The molecule has 0 aromatic rings. The van der Waals surface area contributed by atoms with Crippen LogP contribution in [0.3, 0.4) is 0 Å². The van der Waals surface area contributed by atoms with Crippen molar-refractivity contribution in [1.82, 2.24) is 5.06 Å². The maximum Gasteiger partial charge on any atom is 0.245 e. The summed E-state index contributed by atoms with van der Waals surface area (Å²) in [7, 11) is 0. The quantitative estimate of drug-likeness (QED) is 0.585. The van der Waals surface area contributed by atoms with Gasteiger partial charge in [0, 0.05) is 6.42 Å². The van der Waals surface area contributed by atoms with Gasteiger partial charge in [-0.05, 0) is 6.92 Å². The predicted octanol–water partition coefficient (Wildman–Crippen LogP) is 0.169. The summed E-state index contributed by atoms with van der Waals surface area (Å²) in [5.74, 6) is -0.0964. The molecule has 0 radical (unpaired) electrons. The van der Waals surface area contributed by atoms with Crippen molar-refractivity contribution in [3.8, 4) is 0 Å². The van der Waals surface area contributed by atoms with Gasteiger partial charge in [-0.15, -0.1) is 0 Å². The zero-order valence-electron chi connectivity index (χ0n) is 7.04. The van der Waals surface area contributed by atoms with Crippen molar-refractivity contribution in [3.05, 3.63) is 0 Å². The van der Waals surface area contributed by atoms with Crippen LogP contribution in [0, 0.1) is 0 Å². The summed E-state index contributed by atoms with van der Waals surface area (Å²) in [4.78, 5) is 15.9. The molecular formula is C7H15NO3. The minimum Gasteiger partial charge on any atom is -0.394 e. The Morgan fingerprint density at radius 3 is 2.55 bits per heavy atom. The molecule has 0 spiro atoms. The van der Waals surface area contributed by atoms with Crippen molar-refractivity contribution in [1.29, 1.82) is 0 Å². The summed E-state index contributed by atoms with van der Waals surface area (Å²) in [6, 6.07) is 0. The first kappa shape index (κ1) is 10.4. The van der Waals surface area contributed by atoms with Gasteiger partial charge in [-0.2, -0.15) is 0 Å². The third-order valence-electron chi connectivity index (χ3n) is 1.17. The molecule has 0 saturated heterocycles. The largest absolute Gasteiger partial charge is 0.394 e. The van der Waals surface area contributed by atoms with Gasteiger partial charge < -0.3 is 5.11 Å². The molecule has 4 nitrogen and oxygen atoms in total. The Morgan fingerprint density at radius 1 is 1.55 bits per heavy atom. The SMILES string of the molecule is CCON(CCO)C(=O)CC. The fraction of sp³-hybridized carbons (Fsp3) is 0.857. The number of rotatable bonds is 5. The number of hydrogen-bond acceptors (Lipinski definition) is 3. The van der Waals surface area contributed by atoms with Crippen LogP contribution >= 0.6 is 0 Å². The molecule has 0 unspecified atom stereocenters. The number of aliphatic hydroxyl groups excluding tert-OH is 1. The van der Waals surface area contributed by atoms with Crippen molar-refractivity contribution in [3.63, 3.8) is 0 Å². The van der Waals surface area contributed by atoms with Crippen LogP contribution in [0.15, 0.2) is 0 Å². The Labute approximate surface area is 66.7 Å². The van der Waals surface area contributed by atoms with Crippen LogP contribution in [-0.2, 0) is 9.63 Å². The second kappa shape index (κ2) is 6.12. The van der Waals surface area contributed by atoms with E-state index >= 15 is 0 Å². The monoisotopic (exact) mass is 161 g/mol. The van der Waals surface area contributed by atoms with Crippen molar-refractivity contribution < 1.29 is 14.7 Å². The van der Waals surface area contributed by atoms with Gasteiger partial charge in [0.15, 0.2) is 0 Å². The first-order valence-electron chi connectivity index (χ1n) is 3.80. The van der Waals surface area contributed by atoms with Crippen LogP contribution in [0.4, 0.5) is 0 Å². The number of amides is 1. The number of carbonyl (C=O) groups excluding carboxylic acids is 1. The van der Waals surface area contributed by atoms with Crippen molar-refractivity contribution in [2.45, 2.75) is 20.3 Å². The molecule has 0 atom stereocenters. The molecule has 0 aliphatic carbocycles. The van der Waals surface area contributed by atoms with Crippen molar-refractivity contribution >= 4 is 5.91 Å². The van der Waals surface area contributed by atoms with E-state index in [-0.39, 0.29) is 19.1 Å². The average Bonchev–Trinajstić information content (AvgIpc) is 2.03. The van der Waals surface area contributed by atoms with E-state index in [1.54, 1.807) is 13.8 Å². The molecule has 0 saturated carbocycles. The van der Waals surface area contributed by atoms with Gasteiger partial charge in [0.25, 0.3) is 0 Å². The summed E-state index contributed by atoms with van der Waals surface area (Å²) < 4.78 is 0. The first-order valence-corrected chi connectivity index (χ1v) is 3.80. The van der Waals surface area contributed by atoms with Gasteiger partial charge >= 0.3 is 0 Å². The van der Waals surface area contributed by atoms with Gasteiger partial charge in [0.1, 0.15) is 0 Å². The molecule has 0 aliphatic heterocycles. The van der Waals surface area contributed by atoms with Gasteiger partial charge in [-0.3, -0.25) is 9.63 Å². The summed E-state index contributed by atoms with van der Waals surface area (Å²) in [5, 5.41) is 9.73. The van der Waals surface area contributed by atoms with E-state index in [1.165, 1.54) is 5.06 Å². The molecule has 4 heteroatoms. The van der Waals surface area contributed by atoms with Gasteiger partial charge in [-0.1, -0.05) is 6.92 Å². The van der Waals surface area contributed by atoms with Crippen LogP contribution in [0.2, 0.25) is 0 Å². The summed E-state index contributed by atoms with van der Waals surface area (Å²) in [6.45, 7) is 4.19. The molecule has 11 heavy (non-hydrogen) atoms. The molecule has 66 valence electrons. The maximum atomic E-state index is 11.0. The minimum absolute atomic E-state index is 0.0637. The second-order valence-electron chi connectivity index (χ2n) is 1.99. The van der Waals surface area contributed by atoms with E-state index in [2.05, 4.69) is 0 Å². The highest BCUT2D eigenvalue weighted by atomic mass is 16.7. The smallest absolute Gasteiger partial charge is 0.245 e. The number of aliphatic hydroxyl groups is 1. The van der Waals surface area contributed by atoms with Crippen LogP contribution in [-0.4, -0.2) is 35.8 Å². The van der Waals surface area contributed by atoms with E-state index < -0.39 is 0 Å². The van der Waals surface area contributed by atoms with Gasteiger partial charge in [0.05, 0.1) is 19.8 Å². The van der Waals surface area contributed by atoms with E-state index in [1.807, 2.05) is 0 Å². The Bertz CT molecular complexity index is 110. The lowest BCUT2D eigenvalue weighted by atomic mass is 10.4. The van der Waals surface area contributed by atoms with Crippen LogP contribution in [0.1, 0.15) is 20.3 Å². The molecule has 0 aromatic carbocycles. The normalized spacial score (nSPS) is 9.73. The highest BCUT2D eigenvalue weighted by Crippen LogP contribution is 1.94. The van der Waals surface area contributed by atoms with E-state index in [0.29, 0.717) is 13.0 Å². The van der Waals surface area contributed by atoms with E-state index in [4.69, 9.17) is 9.94 Å². The predicted molar refractivity (Wildman–Crippen MR) is 40.7 cm³/mol. The third-order valence-corrected chi connectivity index (χ3v) is 1.17. The highest BCUT2D eigenvalue weighted by Gasteiger charge is 2.09. The van der Waals surface area contributed by atoms with Crippen LogP contribution < -0.4 is 0 Å². The molecule has 0 aromatic heterocycles. The average molecular weight is 161 g/mol. The molecule has 0 heterocycles. The first-order chi connectivity index (χ1) is 5.26. The van der Waals surface area contributed by atoms with Crippen LogP contribution in [0.5, 0.6) is 0 Å². The fourth-order valence-corrected chi connectivity index (χ4v) is 0.684. The molecule has 1 amide bonds. The lowest BCUT2D eigenvalue weighted by Crippen LogP contribution is -2.33. The molecule has 0 aliphatic rings. The zero-order valence-corrected chi connectivity index (χ0v) is 7.04. The van der Waals surface area contributed by atoms with E-state index in [0.717, 1.165) is 0 Å². The Hall–Kier alpha value is -0.610. The number of nitrogens with zero attached hydrogens (tertiary/aromatic N) is 1. The second-order valence-corrected chi connectivity index (χ2v) is 1.99. The Balaban J connectivity index is 3.76. The lowest BCUT2D eigenvalue weighted by Gasteiger charge is -2.18. The van der Waals surface area contributed by atoms with Crippen LogP contribution in [0.25, 0.3) is 0 Å². The third kappa shape index (κ3) is 3.95. The van der Waals surface area contributed by atoms with Gasteiger partial charge in [0.2, 0.25) is 5.91 Å². The standard InChI is InChI=1S/C7H15NO3/c1-3-7(10)8(5-6-9)11-4-2/h9H,3-6H2,1-2H3. The topological polar surface area (TPSA) is 49.8 Å². The molecular weight excluding hydrogens is 146 g/mol. The Kier molecular flexibility index (Phi) is 5.78. The lowest BCUT2D eigenvalue weighted by molar-refractivity contribution is -0.186. The van der Waals surface area contributed by atoms with Crippen molar-refractivity contribution in [2.24, 2.45) is 0 Å². The summed E-state index contributed by atoms with van der Waals surface area (Å²) in [5.41, 5.74) is 0. The summed E-state index contributed by atoms with van der Waals surface area (Å²) >= 11 is 0. The maximum absolute atomic E-state index is 11.0. The van der Waals surface area contributed by atoms with Crippen molar-refractivity contribution in [2.75, 3.05) is 19.8 Å². The molecule has 0 fully saturated rings. The molecule has 0 rings (SSSR count). The van der Waals surface area contributed by atoms with Gasteiger partial charge in [-0.25, -0.2) is 5.06 Å². The molecule has 1 N–H and O–H groups in total. The molecule has 0 bridgehead atoms. The minimum atomic E-state index is -0.0964. The number of hydroxylamine groups is 2. The highest BCUT2D eigenvalue weighted by molar-refractivity contribution is 5.74. The Morgan fingerprint density at radius 2 is 2.18 bits per heavy atom. The number of hydrogen-bond donors (Lipinski definition) is 1. The fourth-order valence-electron chi connectivity index (χ4n) is 0.684.